The Morgan fingerprint density at radius 1 is 1.19 bits per heavy atom. The molecule has 2 aromatic rings. The predicted molar refractivity (Wildman–Crippen MR) is 84.0 cm³/mol. The number of aromatic nitrogens is 2. The zero-order chi connectivity index (χ0) is 14.5. The van der Waals surface area contributed by atoms with Crippen molar-refractivity contribution in [2.75, 3.05) is 19.6 Å². The minimum Gasteiger partial charge on any atom is -0.311 e. The van der Waals surface area contributed by atoms with Crippen molar-refractivity contribution in [1.29, 1.82) is 0 Å². The topological polar surface area (TPSA) is 41.1 Å². The molecule has 1 unspecified atom stereocenters. The second kappa shape index (κ2) is 6.78. The number of aryl methyl sites for hydroxylation is 1. The molecule has 0 bridgehead atoms. The molecule has 0 spiro atoms. The highest BCUT2D eigenvalue weighted by molar-refractivity contribution is 5.16. The molecular formula is C17H22N4. The van der Waals surface area contributed by atoms with Crippen molar-refractivity contribution in [3.05, 3.63) is 59.7 Å². The van der Waals surface area contributed by atoms with Gasteiger partial charge in [-0.05, 0) is 18.9 Å². The molecule has 0 saturated carbocycles. The van der Waals surface area contributed by atoms with Crippen LogP contribution in [0.25, 0.3) is 0 Å². The van der Waals surface area contributed by atoms with Crippen molar-refractivity contribution in [3.8, 4) is 0 Å². The first-order chi connectivity index (χ1) is 10.3. The minimum atomic E-state index is 0.513. The molecule has 0 radical (unpaired) electrons. The van der Waals surface area contributed by atoms with E-state index in [0.717, 1.165) is 44.0 Å². The quantitative estimate of drug-likeness (QED) is 0.928. The van der Waals surface area contributed by atoms with Gasteiger partial charge >= 0.3 is 0 Å². The van der Waals surface area contributed by atoms with E-state index in [0.29, 0.717) is 6.04 Å². The first kappa shape index (κ1) is 14.2. The Kier molecular flexibility index (Phi) is 4.58. The number of rotatable bonds is 4. The van der Waals surface area contributed by atoms with Gasteiger partial charge in [-0.3, -0.25) is 14.9 Å². The largest absolute Gasteiger partial charge is 0.311 e. The number of nitrogens with one attached hydrogen (secondary N) is 1. The van der Waals surface area contributed by atoms with Gasteiger partial charge in [-0.2, -0.15) is 0 Å². The van der Waals surface area contributed by atoms with E-state index in [9.17, 15) is 0 Å². The summed E-state index contributed by atoms with van der Waals surface area (Å²) >= 11 is 0. The third kappa shape index (κ3) is 4.09. The summed E-state index contributed by atoms with van der Waals surface area (Å²) in [7, 11) is 0. The number of nitrogens with zero attached hydrogens (tertiary/aromatic N) is 3. The van der Waals surface area contributed by atoms with Crippen LogP contribution in [0.3, 0.4) is 0 Å². The van der Waals surface area contributed by atoms with Gasteiger partial charge < -0.3 is 5.32 Å². The summed E-state index contributed by atoms with van der Waals surface area (Å²) < 4.78 is 0. The van der Waals surface area contributed by atoms with E-state index < -0.39 is 0 Å². The average Bonchev–Trinajstić information content (AvgIpc) is 2.51. The lowest BCUT2D eigenvalue weighted by Gasteiger charge is -2.33. The van der Waals surface area contributed by atoms with Crippen molar-refractivity contribution < 1.29 is 0 Å². The number of benzene rings is 1. The maximum absolute atomic E-state index is 4.46. The lowest BCUT2D eigenvalue weighted by molar-refractivity contribution is 0.189. The van der Waals surface area contributed by atoms with Gasteiger partial charge in [0.1, 0.15) is 0 Å². The van der Waals surface area contributed by atoms with Crippen LogP contribution < -0.4 is 5.32 Å². The highest BCUT2D eigenvalue weighted by Crippen LogP contribution is 2.10. The zero-order valence-electron chi connectivity index (χ0n) is 12.5. The molecule has 3 rings (SSSR count). The fraction of sp³-hybridized carbons (Fsp3) is 0.412. The summed E-state index contributed by atoms with van der Waals surface area (Å²) in [5.41, 5.74) is 3.42. The van der Waals surface area contributed by atoms with Crippen LogP contribution in [-0.2, 0) is 13.0 Å². The molecule has 0 aliphatic carbocycles. The number of hydrogen-bond donors (Lipinski definition) is 1. The molecule has 1 aromatic heterocycles. The lowest BCUT2D eigenvalue weighted by atomic mass is 10.0. The molecule has 0 amide bonds. The Morgan fingerprint density at radius 3 is 2.81 bits per heavy atom. The van der Waals surface area contributed by atoms with Gasteiger partial charge in [-0.15, -0.1) is 0 Å². The Morgan fingerprint density at radius 2 is 2.05 bits per heavy atom. The van der Waals surface area contributed by atoms with E-state index in [1.807, 2.05) is 19.3 Å². The fourth-order valence-electron chi connectivity index (χ4n) is 2.80. The van der Waals surface area contributed by atoms with Crippen molar-refractivity contribution in [2.24, 2.45) is 0 Å². The standard InChI is InChI=1S/C17H22N4/c1-14-10-20-17(11-19-14)13-21-8-7-18-16(12-21)9-15-5-3-2-4-6-15/h2-6,10-11,16,18H,7-9,12-13H2,1H3. The fourth-order valence-corrected chi connectivity index (χ4v) is 2.80. The molecule has 2 heterocycles. The highest BCUT2D eigenvalue weighted by atomic mass is 15.2. The van der Waals surface area contributed by atoms with E-state index >= 15 is 0 Å². The Bertz CT molecular complexity index is 553. The maximum atomic E-state index is 4.46. The smallest absolute Gasteiger partial charge is 0.0727 e. The van der Waals surface area contributed by atoms with Gasteiger partial charge in [-0.1, -0.05) is 30.3 Å². The summed E-state index contributed by atoms with van der Waals surface area (Å²) in [6.45, 7) is 6.03. The molecule has 1 aliphatic rings. The Labute approximate surface area is 126 Å². The van der Waals surface area contributed by atoms with E-state index in [4.69, 9.17) is 0 Å². The third-order valence-electron chi connectivity index (χ3n) is 3.88. The van der Waals surface area contributed by atoms with Gasteiger partial charge in [0, 0.05) is 44.6 Å². The van der Waals surface area contributed by atoms with Crippen LogP contribution >= 0.6 is 0 Å². The van der Waals surface area contributed by atoms with E-state index in [-0.39, 0.29) is 0 Å². The summed E-state index contributed by atoms with van der Waals surface area (Å²) in [6, 6.07) is 11.2. The van der Waals surface area contributed by atoms with E-state index in [1.165, 1.54) is 5.56 Å². The molecule has 1 aromatic carbocycles. The monoisotopic (exact) mass is 282 g/mol. The van der Waals surface area contributed by atoms with Crippen LogP contribution in [0.4, 0.5) is 0 Å². The first-order valence-electron chi connectivity index (χ1n) is 7.57. The highest BCUT2D eigenvalue weighted by Gasteiger charge is 2.19. The van der Waals surface area contributed by atoms with Crippen molar-refractivity contribution in [3.63, 3.8) is 0 Å². The van der Waals surface area contributed by atoms with Gasteiger partial charge in [-0.25, -0.2) is 0 Å². The molecule has 1 fully saturated rings. The molecule has 1 N–H and O–H groups in total. The van der Waals surface area contributed by atoms with Crippen LogP contribution in [0.2, 0.25) is 0 Å². The van der Waals surface area contributed by atoms with E-state index in [2.05, 4.69) is 50.5 Å². The third-order valence-corrected chi connectivity index (χ3v) is 3.88. The Hall–Kier alpha value is -1.78. The van der Waals surface area contributed by atoms with Crippen molar-refractivity contribution in [1.82, 2.24) is 20.2 Å². The van der Waals surface area contributed by atoms with Gasteiger partial charge in [0.15, 0.2) is 0 Å². The molecule has 4 nitrogen and oxygen atoms in total. The molecule has 21 heavy (non-hydrogen) atoms. The van der Waals surface area contributed by atoms with Crippen LogP contribution in [0.1, 0.15) is 17.0 Å². The van der Waals surface area contributed by atoms with Crippen LogP contribution in [0.5, 0.6) is 0 Å². The first-order valence-corrected chi connectivity index (χ1v) is 7.57. The summed E-state index contributed by atoms with van der Waals surface area (Å²) in [6.07, 6.45) is 4.82. The van der Waals surface area contributed by atoms with Gasteiger partial charge in [0.25, 0.3) is 0 Å². The summed E-state index contributed by atoms with van der Waals surface area (Å²) in [4.78, 5) is 11.2. The molecule has 110 valence electrons. The number of hydrogen-bond acceptors (Lipinski definition) is 4. The zero-order valence-corrected chi connectivity index (χ0v) is 12.5. The SMILES string of the molecule is Cc1cnc(CN2CCNC(Cc3ccccc3)C2)cn1. The average molecular weight is 282 g/mol. The maximum Gasteiger partial charge on any atom is 0.0727 e. The van der Waals surface area contributed by atoms with E-state index in [1.54, 1.807) is 0 Å². The van der Waals surface area contributed by atoms with Crippen LogP contribution in [-0.4, -0.2) is 40.5 Å². The molecular weight excluding hydrogens is 260 g/mol. The Balaban J connectivity index is 1.57. The molecule has 1 saturated heterocycles. The van der Waals surface area contributed by atoms with Gasteiger partial charge in [0.2, 0.25) is 0 Å². The summed E-state index contributed by atoms with van der Waals surface area (Å²) in [5.74, 6) is 0. The molecule has 1 atom stereocenters. The van der Waals surface area contributed by atoms with Gasteiger partial charge in [0.05, 0.1) is 11.4 Å². The summed E-state index contributed by atoms with van der Waals surface area (Å²) in [5, 5.41) is 3.61. The van der Waals surface area contributed by atoms with Crippen LogP contribution in [0, 0.1) is 6.92 Å². The van der Waals surface area contributed by atoms with Crippen LogP contribution in [0.15, 0.2) is 42.7 Å². The predicted octanol–water partition coefficient (Wildman–Crippen LogP) is 1.80. The second-order valence-corrected chi connectivity index (χ2v) is 5.73. The van der Waals surface area contributed by atoms with Crippen molar-refractivity contribution >= 4 is 0 Å². The molecule has 4 heteroatoms. The second-order valence-electron chi connectivity index (χ2n) is 5.73. The minimum absolute atomic E-state index is 0.513. The number of piperazine rings is 1. The van der Waals surface area contributed by atoms with Crippen molar-refractivity contribution in [2.45, 2.75) is 25.9 Å². The molecule has 1 aliphatic heterocycles. The normalized spacial score (nSPS) is 19.6. The lowest BCUT2D eigenvalue weighted by Crippen LogP contribution is -2.51.